The van der Waals surface area contributed by atoms with Crippen LogP contribution < -0.4 is 16.6 Å². The van der Waals surface area contributed by atoms with Gasteiger partial charge in [0.25, 0.3) is 5.56 Å². The molecule has 1 saturated heterocycles. The molecule has 0 spiro atoms. The largest absolute Gasteiger partial charge is 0.371 e. The van der Waals surface area contributed by atoms with Crippen LogP contribution in [0.25, 0.3) is 11.3 Å². The van der Waals surface area contributed by atoms with Gasteiger partial charge in [-0.15, -0.1) is 0 Å². The number of nitrogens with one attached hydrogen (secondary N) is 1. The molecule has 1 aliphatic heterocycles. The molecule has 0 aliphatic carbocycles. The number of nitrogens with zero attached hydrogens (tertiary/aromatic N) is 2. The summed E-state index contributed by atoms with van der Waals surface area (Å²) in [6, 6.07) is 4.78. The van der Waals surface area contributed by atoms with Gasteiger partial charge in [-0.05, 0) is 36.6 Å². The molecule has 2 aromatic rings. The Labute approximate surface area is 158 Å². The highest BCUT2D eigenvalue weighted by molar-refractivity contribution is 5.64. The molecule has 0 saturated carbocycles. The maximum absolute atomic E-state index is 13.9. The molecule has 1 atom stereocenters. The lowest BCUT2D eigenvalue weighted by atomic mass is 9.98. The van der Waals surface area contributed by atoms with E-state index >= 15 is 0 Å². The second-order valence-electron chi connectivity index (χ2n) is 7.34. The molecule has 0 amide bonds. The predicted molar refractivity (Wildman–Crippen MR) is 103 cm³/mol. The molecule has 7 heteroatoms. The van der Waals surface area contributed by atoms with Gasteiger partial charge in [-0.3, -0.25) is 4.79 Å². The third-order valence-electron chi connectivity index (χ3n) is 4.77. The Morgan fingerprint density at radius 3 is 2.85 bits per heavy atom. The standard InChI is InChI=1S/C20H27FN4O2/c1-12(2)11-25-20(26)18(17-10-23-6-7-27-17)13(3)19(24-25)14-4-5-16(21)15(8-14)9-22/h4-5,8,12,17,23H,6-7,9-11,22H2,1-3H3. The van der Waals surface area contributed by atoms with Crippen molar-refractivity contribution in [1.82, 2.24) is 15.1 Å². The van der Waals surface area contributed by atoms with E-state index in [0.717, 1.165) is 17.7 Å². The Morgan fingerprint density at radius 2 is 2.22 bits per heavy atom. The minimum atomic E-state index is -0.338. The Hall–Kier alpha value is -2.09. The summed E-state index contributed by atoms with van der Waals surface area (Å²) in [6.45, 7) is 8.47. The lowest BCUT2D eigenvalue weighted by molar-refractivity contribution is 0.0259. The maximum Gasteiger partial charge on any atom is 0.272 e. The Kier molecular flexibility index (Phi) is 6.04. The van der Waals surface area contributed by atoms with E-state index < -0.39 is 0 Å². The van der Waals surface area contributed by atoms with Crippen molar-refractivity contribution in [3.05, 3.63) is 51.1 Å². The van der Waals surface area contributed by atoms with Crippen molar-refractivity contribution in [2.75, 3.05) is 19.7 Å². The number of hydrogen-bond acceptors (Lipinski definition) is 5. The summed E-state index contributed by atoms with van der Waals surface area (Å²) < 4.78 is 21.3. The lowest BCUT2D eigenvalue weighted by Crippen LogP contribution is -2.39. The van der Waals surface area contributed by atoms with Gasteiger partial charge in [-0.1, -0.05) is 13.8 Å². The fourth-order valence-electron chi connectivity index (χ4n) is 3.42. The van der Waals surface area contributed by atoms with Crippen molar-refractivity contribution >= 4 is 0 Å². The average molecular weight is 374 g/mol. The topological polar surface area (TPSA) is 82.2 Å². The molecule has 0 radical (unpaired) electrons. The van der Waals surface area contributed by atoms with Gasteiger partial charge in [0.15, 0.2) is 0 Å². The van der Waals surface area contributed by atoms with Crippen molar-refractivity contribution in [1.29, 1.82) is 0 Å². The van der Waals surface area contributed by atoms with Crippen LogP contribution in [-0.2, 0) is 17.8 Å². The third-order valence-corrected chi connectivity index (χ3v) is 4.77. The molecule has 1 aromatic carbocycles. The summed E-state index contributed by atoms with van der Waals surface area (Å²) in [5.74, 6) is -0.0775. The van der Waals surface area contributed by atoms with Gasteiger partial charge in [0.2, 0.25) is 0 Å². The van der Waals surface area contributed by atoms with Gasteiger partial charge < -0.3 is 15.8 Å². The lowest BCUT2D eigenvalue weighted by Gasteiger charge is -2.26. The zero-order chi connectivity index (χ0) is 19.6. The van der Waals surface area contributed by atoms with Crippen molar-refractivity contribution in [3.63, 3.8) is 0 Å². The number of morpholine rings is 1. The highest BCUT2D eigenvalue weighted by atomic mass is 19.1. The fraction of sp³-hybridized carbons (Fsp3) is 0.500. The zero-order valence-corrected chi connectivity index (χ0v) is 16.1. The van der Waals surface area contributed by atoms with Crippen LogP contribution in [0.5, 0.6) is 0 Å². The highest BCUT2D eigenvalue weighted by Crippen LogP contribution is 2.28. The predicted octanol–water partition coefficient (Wildman–Crippen LogP) is 2.13. The van der Waals surface area contributed by atoms with Gasteiger partial charge in [0, 0.05) is 37.3 Å². The SMILES string of the molecule is Cc1c(-c2ccc(F)c(CN)c2)nn(CC(C)C)c(=O)c1C1CNCCO1. The van der Waals surface area contributed by atoms with Gasteiger partial charge in [-0.2, -0.15) is 5.10 Å². The van der Waals surface area contributed by atoms with Crippen LogP contribution in [0.1, 0.15) is 36.6 Å². The Morgan fingerprint density at radius 1 is 1.44 bits per heavy atom. The molecule has 1 fully saturated rings. The minimum Gasteiger partial charge on any atom is -0.371 e. The van der Waals surface area contributed by atoms with Crippen LogP contribution in [0.15, 0.2) is 23.0 Å². The fourth-order valence-corrected chi connectivity index (χ4v) is 3.42. The Bertz CT molecular complexity index is 873. The molecule has 2 heterocycles. The third kappa shape index (κ3) is 4.10. The van der Waals surface area contributed by atoms with E-state index in [0.29, 0.717) is 36.5 Å². The van der Waals surface area contributed by atoms with Crippen molar-refractivity contribution in [3.8, 4) is 11.3 Å². The van der Waals surface area contributed by atoms with E-state index in [1.165, 1.54) is 10.7 Å². The summed E-state index contributed by atoms with van der Waals surface area (Å²) >= 11 is 0. The molecule has 1 aliphatic rings. The number of nitrogens with two attached hydrogens (primary N) is 1. The molecule has 1 unspecified atom stereocenters. The van der Waals surface area contributed by atoms with E-state index in [9.17, 15) is 9.18 Å². The van der Waals surface area contributed by atoms with Crippen molar-refractivity contribution < 1.29 is 9.13 Å². The number of aromatic nitrogens is 2. The van der Waals surface area contributed by atoms with E-state index in [1.54, 1.807) is 12.1 Å². The average Bonchev–Trinajstić information content (AvgIpc) is 2.65. The van der Waals surface area contributed by atoms with E-state index in [2.05, 4.69) is 10.4 Å². The molecule has 27 heavy (non-hydrogen) atoms. The maximum atomic E-state index is 13.9. The zero-order valence-electron chi connectivity index (χ0n) is 16.1. The van der Waals surface area contributed by atoms with Gasteiger partial charge in [-0.25, -0.2) is 9.07 Å². The van der Waals surface area contributed by atoms with Gasteiger partial charge >= 0.3 is 0 Å². The molecular formula is C20H27FN4O2. The molecule has 3 rings (SSSR count). The van der Waals surface area contributed by atoms with E-state index in [1.807, 2.05) is 20.8 Å². The smallest absolute Gasteiger partial charge is 0.272 e. The molecule has 3 N–H and O–H groups in total. The number of benzene rings is 1. The van der Waals surface area contributed by atoms with Crippen LogP contribution in [0.2, 0.25) is 0 Å². The minimum absolute atomic E-state index is 0.104. The second kappa shape index (κ2) is 8.29. The van der Waals surface area contributed by atoms with E-state index in [4.69, 9.17) is 10.5 Å². The molecule has 1 aromatic heterocycles. The van der Waals surface area contributed by atoms with Gasteiger partial charge in [0.05, 0.1) is 17.9 Å². The molecule has 0 bridgehead atoms. The van der Waals surface area contributed by atoms with Crippen LogP contribution in [0, 0.1) is 18.7 Å². The van der Waals surface area contributed by atoms with Crippen LogP contribution >= 0.6 is 0 Å². The quantitative estimate of drug-likeness (QED) is 0.838. The summed E-state index contributed by atoms with van der Waals surface area (Å²) in [5, 5.41) is 7.88. The number of halogens is 1. The monoisotopic (exact) mass is 374 g/mol. The second-order valence-corrected chi connectivity index (χ2v) is 7.34. The first-order chi connectivity index (χ1) is 12.9. The first-order valence-electron chi connectivity index (χ1n) is 9.35. The van der Waals surface area contributed by atoms with Gasteiger partial charge in [0.1, 0.15) is 11.9 Å². The van der Waals surface area contributed by atoms with Crippen LogP contribution in [0.4, 0.5) is 4.39 Å². The van der Waals surface area contributed by atoms with E-state index in [-0.39, 0.29) is 29.9 Å². The summed E-state index contributed by atoms with van der Waals surface area (Å²) in [6.07, 6.45) is -0.319. The number of ether oxygens (including phenoxy) is 1. The first kappa shape index (κ1) is 19.7. The highest BCUT2D eigenvalue weighted by Gasteiger charge is 2.25. The van der Waals surface area contributed by atoms with Crippen molar-refractivity contribution in [2.45, 2.75) is 40.0 Å². The number of hydrogen-bond donors (Lipinski definition) is 2. The number of rotatable bonds is 5. The molecule has 6 nitrogen and oxygen atoms in total. The summed E-state index contributed by atoms with van der Waals surface area (Å²) in [7, 11) is 0. The van der Waals surface area contributed by atoms with Crippen LogP contribution in [-0.4, -0.2) is 29.5 Å². The van der Waals surface area contributed by atoms with Crippen LogP contribution in [0.3, 0.4) is 0 Å². The summed E-state index contributed by atoms with van der Waals surface area (Å²) in [4.78, 5) is 13.1. The molecule has 146 valence electrons. The Balaban J connectivity index is 2.19. The molecular weight excluding hydrogens is 347 g/mol. The first-order valence-corrected chi connectivity index (χ1v) is 9.35. The van der Waals surface area contributed by atoms with Crippen molar-refractivity contribution in [2.24, 2.45) is 11.7 Å². The summed E-state index contributed by atoms with van der Waals surface area (Å²) in [5.41, 5.74) is 8.75. The normalized spacial score (nSPS) is 17.5.